The van der Waals surface area contributed by atoms with Crippen molar-refractivity contribution in [3.8, 4) is 0 Å². The summed E-state index contributed by atoms with van der Waals surface area (Å²) < 4.78 is 1.80. The first-order valence-electron chi connectivity index (χ1n) is 8.80. The van der Waals surface area contributed by atoms with Gasteiger partial charge in [-0.15, -0.1) is 11.3 Å². The Bertz CT molecular complexity index is 997. The van der Waals surface area contributed by atoms with Crippen LogP contribution in [0, 0.1) is 0 Å². The van der Waals surface area contributed by atoms with Crippen molar-refractivity contribution in [1.82, 2.24) is 0 Å². The van der Waals surface area contributed by atoms with E-state index in [0.29, 0.717) is 21.2 Å². The molecule has 0 aliphatic heterocycles. The molecule has 0 unspecified atom stereocenters. The molecule has 4 nitrogen and oxygen atoms in total. The normalized spacial score (nSPS) is 12.6. The van der Waals surface area contributed by atoms with E-state index in [9.17, 15) is 9.59 Å². The van der Waals surface area contributed by atoms with Gasteiger partial charge >= 0.3 is 0 Å². The number of carbonyl (C=O) groups is 2. The van der Waals surface area contributed by atoms with Crippen molar-refractivity contribution in [1.29, 1.82) is 0 Å². The van der Waals surface area contributed by atoms with Gasteiger partial charge in [0.2, 0.25) is 6.54 Å². The molecule has 0 spiro atoms. The van der Waals surface area contributed by atoms with E-state index in [0.717, 1.165) is 24.8 Å². The largest absolute Gasteiger partial charge is 0.312 e. The molecule has 136 valence electrons. The topological polar surface area (TPSA) is 50.0 Å². The number of ketones is 1. The Labute approximate surface area is 166 Å². The third-order valence-corrected chi connectivity index (χ3v) is 6.07. The molecule has 1 aliphatic carbocycles. The van der Waals surface area contributed by atoms with Crippen molar-refractivity contribution in [2.24, 2.45) is 0 Å². The first kappa shape index (κ1) is 17.9. The van der Waals surface area contributed by atoms with Gasteiger partial charge in [-0.3, -0.25) is 9.59 Å². The van der Waals surface area contributed by atoms with Gasteiger partial charge in [-0.2, -0.15) is 4.57 Å². The summed E-state index contributed by atoms with van der Waals surface area (Å²) in [6.07, 6.45) is 6.58. The Kier molecular flexibility index (Phi) is 5.05. The number of hydrogen-bond acceptors (Lipinski definition) is 3. The quantitative estimate of drug-likeness (QED) is 0.521. The Balaban J connectivity index is 1.62. The van der Waals surface area contributed by atoms with Gasteiger partial charge in [-0.1, -0.05) is 17.7 Å². The number of aryl methyl sites for hydroxylation is 1. The van der Waals surface area contributed by atoms with Crippen LogP contribution in [0.4, 0.5) is 5.00 Å². The summed E-state index contributed by atoms with van der Waals surface area (Å²) in [6.45, 7) is 0.206. The molecule has 0 saturated heterocycles. The molecule has 1 amide bonds. The first-order chi connectivity index (χ1) is 13.1. The number of pyridine rings is 1. The number of rotatable bonds is 5. The van der Waals surface area contributed by atoms with Crippen molar-refractivity contribution in [2.45, 2.75) is 25.8 Å². The number of hydrogen-bond donors (Lipinski definition) is 1. The summed E-state index contributed by atoms with van der Waals surface area (Å²) in [6, 6.07) is 12.5. The van der Waals surface area contributed by atoms with Gasteiger partial charge in [-0.05, 0) is 49.1 Å². The Morgan fingerprint density at radius 1 is 1.07 bits per heavy atom. The maximum absolute atomic E-state index is 13.1. The van der Waals surface area contributed by atoms with Crippen molar-refractivity contribution < 1.29 is 14.2 Å². The monoisotopic (exact) mass is 397 g/mol. The van der Waals surface area contributed by atoms with E-state index in [-0.39, 0.29) is 18.2 Å². The predicted octanol–water partition coefficient (Wildman–Crippen LogP) is 4.05. The fraction of sp³-hybridized carbons (Fsp3) is 0.190. The van der Waals surface area contributed by atoms with Crippen LogP contribution in [0.2, 0.25) is 5.02 Å². The van der Waals surface area contributed by atoms with Gasteiger partial charge < -0.3 is 5.32 Å². The highest BCUT2D eigenvalue weighted by molar-refractivity contribution is 7.17. The molecular weight excluding hydrogens is 380 g/mol. The molecule has 27 heavy (non-hydrogen) atoms. The lowest BCUT2D eigenvalue weighted by Crippen LogP contribution is -2.39. The molecule has 3 aromatic rings. The lowest BCUT2D eigenvalue weighted by Gasteiger charge is -2.07. The number of halogens is 1. The Hall–Kier alpha value is -2.50. The maximum atomic E-state index is 13.1. The minimum Gasteiger partial charge on any atom is -0.312 e. The van der Waals surface area contributed by atoms with Crippen molar-refractivity contribution >= 4 is 39.6 Å². The zero-order chi connectivity index (χ0) is 18.8. The summed E-state index contributed by atoms with van der Waals surface area (Å²) in [5.41, 5.74) is 2.31. The number of nitrogens with one attached hydrogen (secondary N) is 1. The highest BCUT2D eigenvalue weighted by Gasteiger charge is 2.28. The summed E-state index contributed by atoms with van der Waals surface area (Å²) in [4.78, 5) is 26.9. The van der Waals surface area contributed by atoms with Crippen LogP contribution in [0.1, 0.15) is 32.8 Å². The molecule has 0 fully saturated rings. The fourth-order valence-corrected chi connectivity index (χ4v) is 4.78. The van der Waals surface area contributed by atoms with Crippen molar-refractivity contribution in [3.05, 3.63) is 81.4 Å². The van der Waals surface area contributed by atoms with Crippen molar-refractivity contribution in [2.75, 3.05) is 5.32 Å². The lowest BCUT2D eigenvalue weighted by molar-refractivity contribution is -0.684. The molecule has 0 atom stereocenters. The van der Waals surface area contributed by atoms with E-state index in [1.54, 1.807) is 28.8 Å². The molecule has 6 heteroatoms. The molecule has 1 aliphatic rings. The Morgan fingerprint density at radius 3 is 2.56 bits per heavy atom. The van der Waals surface area contributed by atoms with Gasteiger partial charge in [0.25, 0.3) is 5.91 Å². The van der Waals surface area contributed by atoms with Gasteiger partial charge in [0, 0.05) is 27.6 Å². The minimum atomic E-state index is -0.142. The van der Waals surface area contributed by atoms with Crippen LogP contribution in [0.15, 0.2) is 54.9 Å². The third-order valence-electron chi connectivity index (χ3n) is 4.61. The Morgan fingerprint density at radius 2 is 1.81 bits per heavy atom. The summed E-state index contributed by atoms with van der Waals surface area (Å²) in [5.74, 6) is -0.204. The van der Waals surface area contributed by atoms with Crippen LogP contribution < -0.4 is 9.88 Å². The second-order valence-corrected chi connectivity index (χ2v) is 8.04. The van der Waals surface area contributed by atoms with Crippen LogP contribution in [-0.4, -0.2) is 11.7 Å². The lowest BCUT2D eigenvalue weighted by atomic mass is 10.0. The first-order valence-corrected chi connectivity index (χ1v) is 10.00. The van der Waals surface area contributed by atoms with E-state index < -0.39 is 0 Å². The van der Waals surface area contributed by atoms with Crippen LogP contribution in [0.5, 0.6) is 0 Å². The molecule has 2 aromatic heterocycles. The average Bonchev–Trinajstić information content (AvgIpc) is 3.23. The van der Waals surface area contributed by atoms with Gasteiger partial charge in [-0.25, -0.2) is 0 Å². The summed E-state index contributed by atoms with van der Waals surface area (Å²) in [7, 11) is 0. The highest BCUT2D eigenvalue weighted by atomic mass is 35.5. The average molecular weight is 398 g/mol. The molecule has 1 N–H and O–H groups in total. The predicted molar refractivity (Wildman–Crippen MR) is 106 cm³/mol. The van der Waals surface area contributed by atoms with Crippen LogP contribution >= 0.6 is 22.9 Å². The maximum Gasteiger partial charge on any atom is 0.290 e. The smallest absolute Gasteiger partial charge is 0.290 e. The third kappa shape index (κ3) is 3.80. The second kappa shape index (κ2) is 7.62. The van der Waals surface area contributed by atoms with Gasteiger partial charge in [0.1, 0.15) is 5.00 Å². The molecule has 0 radical (unpaired) electrons. The standard InChI is InChI=1S/C21H17ClN2O2S/c22-15-9-7-14(8-10-15)20(26)19-16-5-4-6-17(16)27-21(19)23-18(25)13-24-11-2-1-3-12-24/h1-3,7-12H,4-6,13H2/p+1. The van der Waals surface area contributed by atoms with Crippen LogP contribution in [-0.2, 0) is 24.2 Å². The number of aromatic nitrogens is 1. The number of amides is 1. The summed E-state index contributed by atoms with van der Waals surface area (Å²) in [5, 5.41) is 4.21. The van der Waals surface area contributed by atoms with Gasteiger partial charge in [0.05, 0.1) is 5.56 Å². The number of fused-ring (bicyclic) bond motifs is 1. The molecular formula is C21H18ClN2O2S+. The number of carbonyl (C=O) groups excluding carboxylic acids is 2. The van der Waals surface area contributed by atoms with Crippen LogP contribution in [0.3, 0.4) is 0 Å². The van der Waals surface area contributed by atoms with Crippen LogP contribution in [0.25, 0.3) is 0 Å². The number of anilines is 1. The summed E-state index contributed by atoms with van der Waals surface area (Å²) >= 11 is 7.47. The molecule has 2 heterocycles. The number of benzene rings is 1. The molecule has 0 saturated carbocycles. The minimum absolute atomic E-state index is 0.0614. The van der Waals surface area contributed by atoms with E-state index in [1.807, 2.05) is 30.6 Å². The molecule has 4 rings (SSSR count). The van der Waals surface area contributed by atoms with E-state index in [1.165, 1.54) is 16.2 Å². The van der Waals surface area contributed by atoms with Crippen molar-refractivity contribution in [3.63, 3.8) is 0 Å². The van der Waals surface area contributed by atoms with E-state index in [2.05, 4.69) is 5.32 Å². The van der Waals surface area contributed by atoms with E-state index in [4.69, 9.17) is 11.6 Å². The SMILES string of the molecule is O=C(C[n+]1ccccc1)Nc1sc2c(c1C(=O)c1ccc(Cl)cc1)CCC2. The second-order valence-electron chi connectivity index (χ2n) is 6.49. The molecule has 1 aromatic carbocycles. The molecule has 0 bridgehead atoms. The van der Waals surface area contributed by atoms with E-state index >= 15 is 0 Å². The number of thiophene rings is 1. The highest BCUT2D eigenvalue weighted by Crippen LogP contribution is 2.40. The zero-order valence-electron chi connectivity index (χ0n) is 14.6. The fourth-order valence-electron chi connectivity index (χ4n) is 3.35. The number of nitrogens with zero attached hydrogens (tertiary/aromatic N) is 1. The van der Waals surface area contributed by atoms with Gasteiger partial charge in [0.15, 0.2) is 18.2 Å². The zero-order valence-corrected chi connectivity index (χ0v) is 16.1.